The number of pyridine rings is 1. The number of hydrogen-bond acceptors (Lipinski definition) is 4. The average Bonchev–Trinajstić information content (AvgIpc) is 2.23. The van der Waals surface area contributed by atoms with Crippen molar-refractivity contribution in [3.05, 3.63) is 17.4 Å². The summed E-state index contributed by atoms with van der Waals surface area (Å²) in [6.07, 6.45) is 2.40. The monoisotopic (exact) mass is 241 g/mol. The van der Waals surface area contributed by atoms with Crippen LogP contribution in [0.3, 0.4) is 0 Å². The second-order valence-corrected chi connectivity index (χ2v) is 3.87. The lowest BCUT2D eigenvalue weighted by atomic mass is 10.2. The molecule has 0 radical (unpaired) electrons. The van der Waals surface area contributed by atoms with Crippen LogP contribution in [0.4, 0.5) is 11.4 Å². The normalized spacial score (nSPS) is 15.4. The minimum atomic E-state index is 0.0862. The Morgan fingerprint density at radius 3 is 2.94 bits per heavy atom. The molecule has 5 nitrogen and oxygen atoms in total. The minimum absolute atomic E-state index is 0.0862. The summed E-state index contributed by atoms with van der Waals surface area (Å²) in [6.45, 7) is 1.11. The molecule has 1 aromatic heterocycles. The standard InChI is InChI=1S/C10H12ClN3O2/c1-12-8-3-13-10(11)2-9(8)14(6-15)7-4-16-5-7/h2-3,6-7,12H,4-5H2,1H3. The summed E-state index contributed by atoms with van der Waals surface area (Å²) < 4.78 is 5.07. The minimum Gasteiger partial charge on any atom is -0.385 e. The highest BCUT2D eigenvalue weighted by atomic mass is 35.5. The first-order chi connectivity index (χ1) is 7.76. The van der Waals surface area contributed by atoms with E-state index in [-0.39, 0.29) is 6.04 Å². The Balaban J connectivity index is 2.34. The highest BCUT2D eigenvalue weighted by Crippen LogP contribution is 2.29. The van der Waals surface area contributed by atoms with Crippen LogP contribution in [0.25, 0.3) is 0 Å². The number of hydrogen-bond donors (Lipinski definition) is 1. The Labute approximate surface area is 98.4 Å². The van der Waals surface area contributed by atoms with Crippen LogP contribution in [0.5, 0.6) is 0 Å². The van der Waals surface area contributed by atoms with E-state index < -0.39 is 0 Å². The molecular formula is C10H12ClN3O2. The first-order valence-electron chi connectivity index (χ1n) is 4.91. The van der Waals surface area contributed by atoms with Gasteiger partial charge in [0.2, 0.25) is 6.41 Å². The fraction of sp³-hybridized carbons (Fsp3) is 0.400. The Morgan fingerprint density at radius 1 is 1.69 bits per heavy atom. The van der Waals surface area contributed by atoms with Crippen molar-refractivity contribution in [2.75, 3.05) is 30.5 Å². The summed E-state index contributed by atoms with van der Waals surface area (Å²) in [4.78, 5) is 16.7. The Kier molecular flexibility index (Phi) is 3.26. The fourth-order valence-electron chi connectivity index (χ4n) is 1.55. The van der Waals surface area contributed by atoms with Crippen LogP contribution >= 0.6 is 11.6 Å². The van der Waals surface area contributed by atoms with Crippen molar-refractivity contribution in [2.24, 2.45) is 0 Å². The predicted octanol–water partition coefficient (Wildman–Crippen LogP) is 1.14. The maximum absolute atomic E-state index is 11.1. The van der Waals surface area contributed by atoms with E-state index in [1.807, 2.05) is 0 Å². The van der Waals surface area contributed by atoms with Gasteiger partial charge in [-0.2, -0.15) is 0 Å². The zero-order chi connectivity index (χ0) is 11.5. The molecule has 2 rings (SSSR count). The van der Waals surface area contributed by atoms with Gasteiger partial charge in [0.1, 0.15) is 5.15 Å². The summed E-state index contributed by atoms with van der Waals surface area (Å²) in [5.74, 6) is 0. The van der Waals surface area contributed by atoms with E-state index in [4.69, 9.17) is 16.3 Å². The molecule has 2 heterocycles. The summed E-state index contributed by atoms with van der Waals surface area (Å²) >= 11 is 5.83. The second-order valence-electron chi connectivity index (χ2n) is 3.48. The van der Waals surface area contributed by atoms with Crippen molar-refractivity contribution in [1.82, 2.24) is 4.98 Å². The Morgan fingerprint density at radius 2 is 2.44 bits per heavy atom. The first kappa shape index (κ1) is 11.2. The van der Waals surface area contributed by atoms with Gasteiger partial charge in [0.05, 0.1) is 36.8 Å². The number of carbonyl (C=O) groups is 1. The number of ether oxygens (including phenoxy) is 1. The van der Waals surface area contributed by atoms with Crippen LogP contribution in [0.1, 0.15) is 0 Å². The third-order valence-electron chi connectivity index (χ3n) is 2.52. The molecule has 6 heteroatoms. The topological polar surface area (TPSA) is 54.5 Å². The summed E-state index contributed by atoms with van der Waals surface area (Å²) in [6, 6.07) is 1.75. The van der Waals surface area contributed by atoms with Crippen LogP contribution in [0.2, 0.25) is 5.15 Å². The number of anilines is 2. The zero-order valence-corrected chi connectivity index (χ0v) is 9.57. The average molecular weight is 242 g/mol. The van der Waals surface area contributed by atoms with E-state index in [9.17, 15) is 4.79 Å². The zero-order valence-electron chi connectivity index (χ0n) is 8.81. The largest absolute Gasteiger partial charge is 0.385 e. The van der Waals surface area contributed by atoms with Gasteiger partial charge in [-0.1, -0.05) is 11.6 Å². The van der Waals surface area contributed by atoms with E-state index in [0.29, 0.717) is 18.4 Å². The van der Waals surface area contributed by atoms with E-state index in [1.165, 1.54) is 0 Å². The smallest absolute Gasteiger partial charge is 0.214 e. The maximum atomic E-state index is 11.1. The van der Waals surface area contributed by atoms with Crippen LogP contribution in [0.15, 0.2) is 12.3 Å². The number of halogens is 1. The maximum Gasteiger partial charge on any atom is 0.214 e. The molecule has 0 saturated carbocycles. The van der Waals surface area contributed by atoms with Crippen LogP contribution in [-0.2, 0) is 9.53 Å². The predicted molar refractivity (Wildman–Crippen MR) is 61.9 cm³/mol. The van der Waals surface area contributed by atoms with E-state index in [1.54, 1.807) is 24.2 Å². The van der Waals surface area contributed by atoms with Gasteiger partial charge in [-0.25, -0.2) is 4.98 Å². The molecule has 1 aliphatic rings. The van der Waals surface area contributed by atoms with Crippen molar-refractivity contribution < 1.29 is 9.53 Å². The summed E-state index contributed by atoms with van der Waals surface area (Å²) in [5, 5.41) is 3.34. The van der Waals surface area contributed by atoms with E-state index in [2.05, 4.69) is 10.3 Å². The number of rotatable bonds is 4. The number of amides is 1. The molecule has 16 heavy (non-hydrogen) atoms. The van der Waals surface area contributed by atoms with Gasteiger partial charge in [0, 0.05) is 13.1 Å². The van der Waals surface area contributed by atoms with Crippen molar-refractivity contribution in [1.29, 1.82) is 0 Å². The van der Waals surface area contributed by atoms with Gasteiger partial charge in [0.15, 0.2) is 0 Å². The molecule has 0 spiro atoms. The molecule has 1 aliphatic heterocycles. The molecule has 86 valence electrons. The number of nitrogens with zero attached hydrogens (tertiary/aromatic N) is 2. The van der Waals surface area contributed by atoms with E-state index >= 15 is 0 Å². The van der Waals surface area contributed by atoms with Gasteiger partial charge in [0.25, 0.3) is 0 Å². The van der Waals surface area contributed by atoms with Gasteiger partial charge in [-0.3, -0.25) is 4.79 Å². The first-order valence-corrected chi connectivity index (χ1v) is 5.28. The highest BCUT2D eigenvalue weighted by molar-refractivity contribution is 6.29. The number of aromatic nitrogens is 1. The Hall–Kier alpha value is -1.33. The Bertz CT molecular complexity index is 396. The van der Waals surface area contributed by atoms with Crippen LogP contribution in [0, 0.1) is 0 Å². The van der Waals surface area contributed by atoms with Crippen molar-refractivity contribution in [3.8, 4) is 0 Å². The van der Waals surface area contributed by atoms with Crippen LogP contribution in [-0.4, -0.2) is 37.7 Å². The quantitative estimate of drug-likeness (QED) is 0.635. The number of nitrogens with one attached hydrogen (secondary N) is 1. The van der Waals surface area contributed by atoms with Gasteiger partial charge >= 0.3 is 0 Å². The third kappa shape index (κ3) is 1.96. The molecule has 1 aromatic rings. The van der Waals surface area contributed by atoms with Crippen molar-refractivity contribution in [3.63, 3.8) is 0 Å². The summed E-state index contributed by atoms with van der Waals surface area (Å²) in [7, 11) is 1.77. The van der Waals surface area contributed by atoms with Gasteiger partial charge in [-0.15, -0.1) is 0 Å². The molecule has 1 fully saturated rings. The molecular weight excluding hydrogens is 230 g/mol. The lowest BCUT2D eigenvalue weighted by Crippen LogP contribution is -2.48. The lowest BCUT2D eigenvalue weighted by Gasteiger charge is -2.35. The van der Waals surface area contributed by atoms with Crippen LogP contribution < -0.4 is 10.2 Å². The molecule has 0 atom stereocenters. The summed E-state index contributed by atoms with van der Waals surface area (Å²) in [5.41, 5.74) is 1.49. The lowest BCUT2D eigenvalue weighted by molar-refractivity contribution is -0.110. The molecule has 0 aliphatic carbocycles. The molecule has 0 unspecified atom stereocenters. The molecule has 1 saturated heterocycles. The fourth-order valence-corrected chi connectivity index (χ4v) is 1.70. The molecule has 0 aromatic carbocycles. The number of carbonyl (C=O) groups excluding carboxylic acids is 1. The van der Waals surface area contributed by atoms with Crippen molar-refractivity contribution >= 4 is 29.4 Å². The SMILES string of the molecule is CNc1cnc(Cl)cc1N(C=O)C1COC1. The van der Waals surface area contributed by atoms with Gasteiger partial charge < -0.3 is 15.0 Å². The van der Waals surface area contributed by atoms with E-state index in [0.717, 1.165) is 17.8 Å². The highest BCUT2D eigenvalue weighted by Gasteiger charge is 2.27. The second kappa shape index (κ2) is 4.67. The van der Waals surface area contributed by atoms with Crippen molar-refractivity contribution in [2.45, 2.75) is 6.04 Å². The third-order valence-corrected chi connectivity index (χ3v) is 2.73. The molecule has 0 bridgehead atoms. The molecule has 1 amide bonds. The molecule has 1 N–H and O–H groups in total. The van der Waals surface area contributed by atoms with Gasteiger partial charge in [-0.05, 0) is 0 Å².